The van der Waals surface area contributed by atoms with E-state index in [0.717, 1.165) is 11.3 Å². The van der Waals surface area contributed by atoms with Crippen molar-refractivity contribution < 1.29 is 14.3 Å². The number of aliphatic hydroxyl groups excluding tert-OH is 1. The third-order valence-electron chi connectivity index (χ3n) is 2.77. The minimum Gasteiger partial charge on any atom is -0.472 e. The molecular weight excluding hydrogens is 244 g/mol. The van der Waals surface area contributed by atoms with Crippen molar-refractivity contribution in [2.24, 2.45) is 7.05 Å². The quantitative estimate of drug-likeness (QED) is 0.800. The molecule has 0 aromatic carbocycles. The molecule has 0 fully saturated rings. The van der Waals surface area contributed by atoms with E-state index in [1.54, 1.807) is 18.4 Å². The lowest BCUT2D eigenvalue weighted by molar-refractivity contribution is -0.116. The minimum atomic E-state index is -0.716. The predicted octanol–water partition coefficient (Wildman–Crippen LogP) is 1.48. The first-order valence-corrected chi connectivity index (χ1v) is 5.94. The third kappa shape index (κ3) is 3.59. The van der Waals surface area contributed by atoms with Crippen molar-refractivity contribution in [3.05, 3.63) is 54.3 Å². The maximum Gasteiger partial charge on any atom is 0.244 e. The molecule has 5 heteroatoms. The normalized spacial score (nSPS) is 12.7. The molecule has 0 spiro atoms. The van der Waals surface area contributed by atoms with E-state index in [-0.39, 0.29) is 12.5 Å². The van der Waals surface area contributed by atoms with E-state index in [1.807, 2.05) is 29.9 Å². The molecule has 19 heavy (non-hydrogen) atoms. The van der Waals surface area contributed by atoms with Gasteiger partial charge in [0.15, 0.2) is 0 Å². The number of hydrogen-bond acceptors (Lipinski definition) is 3. The average molecular weight is 260 g/mol. The van der Waals surface area contributed by atoms with Gasteiger partial charge in [0.1, 0.15) is 6.10 Å². The fraction of sp³-hybridized carbons (Fsp3) is 0.214. The van der Waals surface area contributed by atoms with Gasteiger partial charge in [-0.1, -0.05) is 0 Å². The minimum absolute atomic E-state index is 0.173. The summed E-state index contributed by atoms with van der Waals surface area (Å²) in [7, 11) is 1.85. The summed E-state index contributed by atoms with van der Waals surface area (Å²) in [6.07, 6.45) is 7.26. The molecule has 0 aliphatic heterocycles. The summed E-state index contributed by atoms with van der Waals surface area (Å²) >= 11 is 0. The van der Waals surface area contributed by atoms with Crippen molar-refractivity contribution in [2.45, 2.75) is 6.10 Å². The van der Waals surface area contributed by atoms with Crippen molar-refractivity contribution in [2.75, 3.05) is 6.54 Å². The number of nitrogens with zero attached hydrogens (tertiary/aromatic N) is 1. The van der Waals surface area contributed by atoms with Crippen LogP contribution in [0.5, 0.6) is 0 Å². The van der Waals surface area contributed by atoms with Gasteiger partial charge in [0.2, 0.25) is 5.91 Å². The lowest BCUT2D eigenvalue weighted by Gasteiger charge is -2.12. The Morgan fingerprint density at radius 1 is 1.58 bits per heavy atom. The Labute approximate surface area is 111 Å². The fourth-order valence-corrected chi connectivity index (χ4v) is 1.72. The highest BCUT2D eigenvalue weighted by Crippen LogP contribution is 2.11. The highest BCUT2D eigenvalue weighted by atomic mass is 16.3. The van der Waals surface area contributed by atoms with E-state index in [1.165, 1.54) is 12.3 Å². The first-order chi connectivity index (χ1) is 9.16. The van der Waals surface area contributed by atoms with Gasteiger partial charge in [-0.05, 0) is 24.3 Å². The molecule has 2 heterocycles. The SMILES string of the molecule is Cn1cccc1[C@H](O)CNC(=O)/C=C/c1ccoc1. The zero-order valence-electron chi connectivity index (χ0n) is 10.6. The van der Waals surface area contributed by atoms with Gasteiger partial charge in [0.25, 0.3) is 0 Å². The molecule has 0 radical (unpaired) electrons. The second kappa shape index (κ2) is 6.06. The molecule has 0 aliphatic rings. The van der Waals surface area contributed by atoms with Gasteiger partial charge in [-0.15, -0.1) is 0 Å². The van der Waals surface area contributed by atoms with Crippen LogP contribution >= 0.6 is 0 Å². The number of nitrogens with one attached hydrogen (secondary N) is 1. The number of carbonyl (C=O) groups is 1. The molecule has 1 atom stereocenters. The molecule has 2 rings (SSSR count). The van der Waals surface area contributed by atoms with E-state index in [0.29, 0.717) is 0 Å². The molecule has 2 N–H and O–H groups in total. The predicted molar refractivity (Wildman–Crippen MR) is 71.1 cm³/mol. The second-order valence-corrected chi connectivity index (χ2v) is 4.19. The molecule has 100 valence electrons. The van der Waals surface area contributed by atoms with Crippen LogP contribution < -0.4 is 5.32 Å². The van der Waals surface area contributed by atoms with Crippen LogP contribution in [0.3, 0.4) is 0 Å². The second-order valence-electron chi connectivity index (χ2n) is 4.19. The number of carbonyl (C=O) groups excluding carboxylic acids is 1. The summed E-state index contributed by atoms with van der Waals surface area (Å²) in [5.41, 5.74) is 1.58. The molecule has 0 saturated carbocycles. The standard InChI is InChI=1S/C14H16N2O3/c1-16-7-2-3-12(16)13(17)9-15-14(18)5-4-11-6-8-19-10-11/h2-8,10,13,17H,9H2,1H3,(H,15,18)/b5-4+/t13-/m1/s1. The van der Waals surface area contributed by atoms with Gasteiger partial charge in [-0.25, -0.2) is 0 Å². The highest BCUT2D eigenvalue weighted by Gasteiger charge is 2.10. The van der Waals surface area contributed by atoms with Gasteiger partial charge in [0, 0.05) is 37.1 Å². The number of aromatic nitrogens is 1. The van der Waals surface area contributed by atoms with Gasteiger partial charge in [-0.2, -0.15) is 0 Å². The van der Waals surface area contributed by atoms with Crippen molar-refractivity contribution >= 4 is 12.0 Å². The van der Waals surface area contributed by atoms with Crippen LogP contribution in [0.25, 0.3) is 6.08 Å². The Kier molecular flexibility index (Phi) is 4.20. The van der Waals surface area contributed by atoms with Crippen LogP contribution in [0.15, 0.2) is 47.4 Å². The largest absolute Gasteiger partial charge is 0.472 e. The summed E-state index contributed by atoms with van der Waals surface area (Å²) in [4.78, 5) is 11.6. The summed E-state index contributed by atoms with van der Waals surface area (Å²) < 4.78 is 6.70. The first-order valence-electron chi connectivity index (χ1n) is 5.94. The van der Waals surface area contributed by atoms with E-state index >= 15 is 0 Å². The number of hydrogen-bond donors (Lipinski definition) is 2. The average Bonchev–Trinajstić information content (AvgIpc) is 3.04. The molecule has 5 nitrogen and oxygen atoms in total. The molecule has 0 unspecified atom stereocenters. The molecule has 0 bridgehead atoms. The van der Waals surface area contributed by atoms with E-state index < -0.39 is 6.10 Å². The topological polar surface area (TPSA) is 67.4 Å². The monoisotopic (exact) mass is 260 g/mol. The summed E-state index contributed by atoms with van der Waals surface area (Å²) in [6.45, 7) is 0.173. The first kappa shape index (κ1) is 13.2. The summed E-state index contributed by atoms with van der Waals surface area (Å²) in [5.74, 6) is -0.255. The van der Waals surface area contributed by atoms with Gasteiger partial charge in [-0.3, -0.25) is 4.79 Å². The molecule has 1 amide bonds. The van der Waals surface area contributed by atoms with Crippen molar-refractivity contribution in [1.82, 2.24) is 9.88 Å². The molecule has 2 aromatic heterocycles. The number of rotatable bonds is 5. The smallest absolute Gasteiger partial charge is 0.244 e. The Bertz CT molecular complexity index is 555. The maximum absolute atomic E-state index is 11.6. The lowest BCUT2D eigenvalue weighted by Crippen LogP contribution is -2.27. The summed E-state index contributed by atoms with van der Waals surface area (Å²) in [5, 5.41) is 12.6. The lowest BCUT2D eigenvalue weighted by atomic mass is 10.2. The van der Waals surface area contributed by atoms with Crippen LogP contribution in [-0.4, -0.2) is 22.1 Å². The number of furan rings is 1. The van der Waals surface area contributed by atoms with Crippen molar-refractivity contribution in [3.63, 3.8) is 0 Å². The van der Waals surface area contributed by atoms with Crippen LogP contribution in [0.1, 0.15) is 17.4 Å². The number of aryl methyl sites for hydroxylation is 1. The Morgan fingerprint density at radius 2 is 2.42 bits per heavy atom. The van der Waals surface area contributed by atoms with E-state index in [2.05, 4.69) is 5.32 Å². The molecule has 0 aliphatic carbocycles. The van der Waals surface area contributed by atoms with E-state index in [9.17, 15) is 9.90 Å². The molecular formula is C14H16N2O3. The zero-order valence-corrected chi connectivity index (χ0v) is 10.6. The van der Waals surface area contributed by atoms with Gasteiger partial charge in [0.05, 0.1) is 12.5 Å². The summed E-state index contributed by atoms with van der Waals surface area (Å²) in [6, 6.07) is 5.42. The third-order valence-corrected chi connectivity index (χ3v) is 2.77. The van der Waals surface area contributed by atoms with Gasteiger partial charge < -0.3 is 19.4 Å². The maximum atomic E-state index is 11.6. The Hall–Kier alpha value is -2.27. The van der Waals surface area contributed by atoms with Crippen molar-refractivity contribution in [1.29, 1.82) is 0 Å². The fourth-order valence-electron chi connectivity index (χ4n) is 1.72. The Morgan fingerprint density at radius 3 is 3.05 bits per heavy atom. The number of aliphatic hydroxyl groups is 1. The van der Waals surface area contributed by atoms with Crippen molar-refractivity contribution in [3.8, 4) is 0 Å². The zero-order chi connectivity index (χ0) is 13.7. The van der Waals surface area contributed by atoms with Crippen LogP contribution in [0.2, 0.25) is 0 Å². The van der Waals surface area contributed by atoms with Crippen LogP contribution in [0, 0.1) is 0 Å². The molecule has 0 saturated heterocycles. The van der Waals surface area contributed by atoms with E-state index in [4.69, 9.17) is 4.42 Å². The molecule has 2 aromatic rings. The van der Waals surface area contributed by atoms with Gasteiger partial charge >= 0.3 is 0 Å². The number of amides is 1. The van der Waals surface area contributed by atoms with Crippen LogP contribution in [-0.2, 0) is 11.8 Å². The van der Waals surface area contributed by atoms with Crippen LogP contribution in [0.4, 0.5) is 0 Å². The highest BCUT2D eigenvalue weighted by molar-refractivity contribution is 5.91. The Balaban J connectivity index is 1.82.